The van der Waals surface area contributed by atoms with Crippen LogP contribution in [0.2, 0.25) is 0 Å². The SMILES string of the molecule is CN(N)/C=C(\N)C1C[C@H]1c1c(C(=O)O)ccn1-c1cccc(-c2cccc(C(=O)N3CCCCC3)c2Br)c1. The second-order valence-electron chi connectivity index (χ2n) is 10.1. The minimum Gasteiger partial charge on any atom is -0.478 e. The van der Waals surface area contributed by atoms with Gasteiger partial charge in [0.1, 0.15) is 0 Å². The second kappa shape index (κ2) is 10.7. The van der Waals surface area contributed by atoms with Crippen LogP contribution in [-0.2, 0) is 0 Å². The normalized spacial score (nSPS) is 19.3. The van der Waals surface area contributed by atoms with E-state index < -0.39 is 5.97 Å². The highest BCUT2D eigenvalue weighted by Crippen LogP contribution is 2.52. The number of piperidine rings is 1. The number of rotatable bonds is 7. The molecule has 1 aliphatic heterocycles. The van der Waals surface area contributed by atoms with E-state index in [0.717, 1.165) is 65.8 Å². The molecule has 0 bridgehead atoms. The summed E-state index contributed by atoms with van der Waals surface area (Å²) in [6.45, 7) is 1.58. The van der Waals surface area contributed by atoms with Crippen LogP contribution in [0.3, 0.4) is 0 Å². The Morgan fingerprint density at radius 1 is 1.08 bits per heavy atom. The molecule has 1 unspecified atom stereocenters. The molecule has 2 fully saturated rings. The average molecular weight is 579 g/mol. The largest absolute Gasteiger partial charge is 0.478 e. The lowest BCUT2D eigenvalue weighted by Crippen LogP contribution is -2.35. The van der Waals surface area contributed by atoms with E-state index in [1.807, 2.05) is 51.9 Å². The van der Waals surface area contributed by atoms with Gasteiger partial charge in [-0.05, 0) is 77.0 Å². The highest BCUT2D eigenvalue weighted by Gasteiger charge is 2.44. The summed E-state index contributed by atoms with van der Waals surface area (Å²) in [5, 5.41) is 11.3. The van der Waals surface area contributed by atoms with E-state index in [1.165, 1.54) is 5.01 Å². The molecule has 1 saturated heterocycles. The fourth-order valence-corrected chi connectivity index (χ4v) is 6.10. The summed E-state index contributed by atoms with van der Waals surface area (Å²) in [4.78, 5) is 27.3. The van der Waals surface area contributed by atoms with Crippen molar-refractivity contribution in [2.75, 3.05) is 20.1 Å². The number of halogens is 1. The number of nitrogens with zero attached hydrogens (tertiary/aromatic N) is 3. The molecule has 3 aromatic rings. The molecule has 1 aromatic heterocycles. The number of carbonyl (C=O) groups excluding carboxylic acids is 1. The zero-order valence-corrected chi connectivity index (χ0v) is 22.9. The molecule has 5 N–H and O–H groups in total. The van der Waals surface area contributed by atoms with Crippen LogP contribution in [0.25, 0.3) is 16.8 Å². The molecule has 8 nitrogen and oxygen atoms in total. The Morgan fingerprint density at radius 3 is 2.53 bits per heavy atom. The van der Waals surface area contributed by atoms with Gasteiger partial charge in [-0.15, -0.1) is 0 Å². The Kier molecular flexibility index (Phi) is 7.32. The third-order valence-corrected chi connectivity index (χ3v) is 8.24. The van der Waals surface area contributed by atoms with E-state index in [2.05, 4.69) is 15.9 Å². The summed E-state index contributed by atoms with van der Waals surface area (Å²) in [5.74, 6) is 4.81. The summed E-state index contributed by atoms with van der Waals surface area (Å²) in [5.41, 5.74) is 11.2. The lowest BCUT2D eigenvalue weighted by molar-refractivity contribution is 0.0693. The van der Waals surface area contributed by atoms with Gasteiger partial charge in [0, 0.05) is 65.9 Å². The van der Waals surface area contributed by atoms with Crippen molar-refractivity contribution in [3.05, 3.63) is 87.9 Å². The first-order valence-electron chi connectivity index (χ1n) is 12.8. The molecule has 1 amide bonds. The maximum Gasteiger partial charge on any atom is 0.337 e. The van der Waals surface area contributed by atoms with Crippen molar-refractivity contribution in [1.29, 1.82) is 0 Å². The molecule has 1 aliphatic carbocycles. The van der Waals surface area contributed by atoms with E-state index in [9.17, 15) is 14.7 Å². The molecule has 2 atom stereocenters. The first kappa shape index (κ1) is 26.1. The molecule has 38 heavy (non-hydrogen) atoms. The van der Waals surface area contributed by atoms with Crippen molar-refractivity contribution >= 4 is 27.8 Å². The molecule has 2 heterocycles. The third-order valence-electron chi connectivity index (χ3n) is 7.39. The average Bonchev–Trinajstić information content (AvgIpc) is 3.58. The molecule has 198 valence electrons. The Labute approximate surface area is 230 Å². The standard InChI is InChI=1S/C29H32BrN5O3/c1-33(32)17-25(31)23-16-24(23)27-22(29(37)38)11-14-35(27)19-8-5-7-18(15-19)20-9-6-10-21(26(20)30)28(36)34-12-3-2-4-13-34/h5-11,14-15,17,23-24H,2-4,12-13,16,31-32H2,1H3,(H,37,38)/b25-17-/t23?,24-/m1/s1. The molecule has 0 radical (unpaired) electrons. The second-order valence-corrected chi connectivity index (χ2v) is 10.9. The minimum atomic E-state index is -0.967. The van der Waals surface area contributed by atoms with Crippen LogP contribution >= 0.6 is 15.9 Å². The fourth-order valence-electron chi connectivity index (χ4n) is 5.44. The number of hydrazine groups is 1. The Bertz CT molecular complexity index is 1410. The van der Waals surface area contributed by atoms with E-state index in [1.54, 1.807) is 25.5 Å². The molecular formula is C29H32BrN5O3. The number of nitrogens with two attached hydrogens (primary N) is 2. The molecule has 2 aromatic carbocycles. The van der Waals surface area contributed by atoms with Crippen molar-refractivity contribution in [2.45, 2.75) is 31.6 Å². The van der Waals surface area contributed by atoms with Gasteiger partial charge in [0.05, 0.1) is 11.1 Å². The zero-order valence-electron chi connectivity index (χ0n) is 21.3. The number of carboxylic acids is 1. The van der Waals surface area contributed by atoms with Crippen LogP contribution in [-0.4, -0.2) is 51.6 Å². The molecule has 9 heteroatoms. The van der Waals surface area contributed by atoms with Gasteiger partial charge >= 0.3 is 5.97 Å². The number of carbonyl (C=O) groups is 2. The maximum atomic E-state index is 13.2. The number of hydrogen-bond acceptors (Lipinski definition) is 5. The first-order chi connectivity index (χ1) is 18.3. The molecular weight excluding hydrogens is 546 g/mol. The van der Waals surface area contributed by atoms with Crippen LogP contribution < -0.4 is 11.6 Å². The third kappa shape index (κ3) is 5.08. The van der Waals surface area contributed by atoms with Gasteiger partial charge in [-0.25, -0.2) is 10.6 Å². The summed E-state index contributed by atoms with van der Waals surface area (Å²) >= 11 is 3.71. The van der Waals surface area contributed by atoms with Gasteiger partial charge in [0.15, 0.2) is 0 Å². The van der Waals surface area contributed by atoms with Gasteiger partial charge in [-0.3, -0.25) is 4.79 Å². The van der Waals surface area contributed by atoms with Gasteiger partial charge in [-0.1, -0.05) is 24.3 Å². The number of carboxylic acid groups (broad SMARTS) is 1. The van der Waals surface area contributed by atoms with E-state index in [-0.39, 0.29) is 23.3 Å². The Balaban J connectivity index is 1.50. The van der Waals surface area contributed by atoms with Gasteiger partial charge < -0.3 is 25.3 Å². The van der Waals surface area contributed by atoms with Crippen LogP contribution in [0.1, 0.15) is 58.0 Å². The summed E-state index contributed by atoms with van der Waals surface area (Å²) < 4.78 is 2.70. The Morgan fingerprint density at radius 2 is 1.82 bits per heavy atom. The van der Waals surface area contributed by atoms with E-state index in [0.29, 0.717) is 11.3 Å². The quantitative estimate of drug-likeness (QED) is 0.270. The van der Waals surface area contributed by atoms with Crippen molar-refractivity contribution in [2.24, 2.45) is 17.5 Å². The Hall–Kier alpha value is -3.56. The predicted molar refractivity (Wildman–Crippen MR) is 151 cm³/mol. The number of aromatic carboxylic acids is 1. The highest BCUT2D eigenvalue weighted by molar-refractivity contribution is 9.10. The summed E-state index contributed by atoms with van der Waals surface area (Å²) in [6.07, 6.45) is 7.47. The smallest absolute Gasteiger partial charge is 0.337 e. The molecule has 0 spiro atoms. The topological polar surface area (TPSA) is 118 Å². The highest BCUT2D eigenvalue weighted by atomic mass is 79.9. The van der Waals surface area contributed by atoms with E-state index >= 15 is 0 Å². The van der Waals surface area contributed by atoms with Crippen LogP contribution in [0.5, 0.6) is 0 Å². The molecule has 5 rings (SSSR count). The molecule has 2 aliphatic rings. The summed E-state index contributed by atoms with van der Waals surface area (Å²) in [7, 11) is 1.70. The monoisotopic (exact) mass is 577 g/mol. The number of amides is 1. The number of likely N-dealkylation sites (tertiary alicyclic amines) is 1. The number of benzene rings is 2. The molecule has 1 saturated carbocycles. The first-order valence-corrected chi connectivity index (χ1v) is 13.6. The minimum absolute atomic E-state index is 0.0202. The van der Waals surface area contributed by atoms with Crippen LogP contribution in [0.4, 0.5) is 0 Å². The fraction of sp³-hybridized carbons (Fsp3) is 0.310. The van der Waals surface area contributed by atoms with Crippen molar-refractivity contribution in [3.8, 4) is 16.8 Å². The predicted octanol–water partition coefficient (Wildman–Crippen LogP) is 4.94. The van der Waals surface area contributed by atoms with Crippen LogP contribution in [0, 0.1) is 5.92 Å². The number of hydrogen-bond donors (Lipinski definition) is 3. The van der Waals surface area contributed by atoms with Crippen molar-refractivity contribution in [3.63, 3.8) is 0 Å². The van der Waals surface area contributed by atoms with Crippen molar-refractivity contribution in [1.82, 2.24) is 14.5 Å². The number of allylic oxidation sites excluding steroid dienone is 1. The van der Waals surface area contributed by atoms with Gasteiger partial charge in [0.2, 0.25) is 0 Å². The van der Waals surface area contributed by atoms with E-state index in [4.69, 9.17) is 11.6 Å². The van der Waals surface area contributed by atoms with Crippen LogP contribution in [0.15, 0.2) is 71.1 Å². The zero-order chi connectivity index (χ0) is 27.0. The lowest BCUT2D eigenvalue weighted by atomic mass is 10.0. The van der Waals surface area contributed by atoms with Crippen molar-refractivity contribution < 1.29 is 14.7 Å². The lowest BCUT2D eigenvalue weighted by Gasteiger charge is -2.27. The number of aromatic nitrogens is 1. The van der Waals surface area contributed by atoms with Gasteiger partial charge in [0.25, 0.3) is 5.91 Å². The summed E-state index contributed by atoms with van der Waals surface area (Å²) in [6, 6.07) is 15.3. The van der Waals surface area contributed by atoms with Gasteiger partial charge in [-0.2, -0.15) is 0 Å². The maximum absolute atomic E-state index is 13.2.